The third kappa shape index (κ3) is 4.30. The minimum atomic E-state index is -0.187. The van der Waals surface area contributed by atoms with Gasteiger partial charge in [-0.2, -0.15) is 0 Å². The monoisotopic (exact) mass is 400 g/mol. The number of para-hydroxylation sites is 1. The van der Waals surface area contributed by atoms with Crippen molar-refractivity contribution in [1.82, 2.24) is 9.97 Å². The van der Waals surface area contributed by atoms with Crippen molar-refractivity contribution in [2.45, 2.75) is 6.92 Å². The molecule has 0 radical (unpaired) electrons. The van der Waals surface area contributed by atoms with Gasteiger partial charge in [-0.3, -0.25) is 4.79 Å². The lowest BCUT2D eigenvalue weighted by Crippen LogP contribution is -2.07. The average molecular weight is 400 g/mol. The summed E-state index contributed by atoms with van der Waals surface area (Å²) < 4.78 is 11.2. The highest BCUT2D eigenvalue weighted by atomic mass is 16.5. The number of rotatable bonds is 6. The van der Waals surface area contributed by atoms with Crippen molar-refractivity contribution in [2.75, 3.05) is 17.7 Å². The van der Waals surface area contributed by atoms with Crippen LogP contribution < -0.4 is 20.1 Å². The molecule has 0 aliphatic heterocycles. The number of hydrogen-bond acceptors (Lipinski definition) is 6. The molecule has 0 unspecified atom stereocenters. The predicted molar refractivity (Wildman–Crippen MR) is 117 cm³/mol. The Morgan fingerprint density at radius 2 is 1.67 bits per heavy atom. The summed E-state index contributed by atoms with van der Waals surface area (Å²) in [7, 11) is 1.55. The molecule has 7 heteroatoms. The van der Waals surface area contributed by atoms with Crippen LogP contribution in [0.5, 0.6) is 17.2 Å². The van der Waals surface area contributed by atoms with Gasteiger partial charge < -0.3 is 20.1 Å². The molecule has 30 heavy (non-hydrogen) atoms. The summed E-state index contributed by atoms with van der Waals surface area (Å²) in [5.74, 6) is 2.47. The first-order chi connectivity index (χ1) is 14.6. The molecule has 7 nitrogen and oxygen atoms in total. The Hall–Kier alpha value is -4.13. The van der Waals surface area contributed by atoms with Crippen LogP contribution in [0.15, 0.2) is 73.1 Å². The van der Waals surface area contributed by atoms with Gasteiger partial charge in [-0.15, -0.1) is 0 Å². The van der Waals surface area contributed by atoms with Crippen LogP contribution in [0.3, 0.4) is 0 Å². The number of carbonyl (C=O) groups excluding carboxylic acids is 1. The second-order valence-corrected chi connectivity index (χ2v) is 6.54. The van der Waals surface area contributed by atoms with E-state index in [2.05, 4.69) is 20.6 Å². The molecule has 4 rings (SSSR count). The molecule has 1 aromatic heterocycles. The molecule has 0 spiro atoms. The second kappa shape index (κ2) is 8.48. The highest BCUT2D eigenvalue weighted by molar-refractivity contribution is 5.99. The van der Waals surface area contributed by atoms with Crippen LogP contribution in [0, 0.1) is 0 Å². The number of aromatic nitrogens is 2. The number of nitrogens with one attached hydrogen (secondary N) is 2. The number of hydrogen-bond donors (Lipinski definition) is 2. The highest BCUT2D eigenvalue weighted by Gasteiger charge is 2.12. The highest BCUT2D eigenvalue weighted by Crippen LogP contribution is 2.33. The normalized spacial score (nSPS) is 10.5. The zero-order chi connectivity index (χ0) is 20.9. The van der Waals surface area contributed by atoms with Gasteiger partial charge in [0.15, 0.2) is 0 Å². The third-order valence-corrected chi connectivity index (χ3v) is 4.36. The van der Waals surface area contributed by atoms with Gasteiger partial charge in [0.2, 0.25) is 5.91 Å². The summed E-state index contributed by atoms with van der Waals surface area (Å²) in [6, 6.07) is 20.7. The number of anilines is 3. The van der Waals surface area contributed by atoms with Gasteiger partial charge in [-0.05, 0) is 42.5 Å². The van der Waals surface area contributed by atoms with Gasteiger partial charge in [0.05, 0.1) is 18.3 Å². The summed E-state index contributed by atoms with van der Waals surface area (Å²) in [5.41, 5.74) is 2.09. The van der Waals surface area contributed by atoms with Crippen LogP contribution in [0.4, 0.5) is 17.2 Å². The predicted octanol–water partition coefficient (Wildman–Crippen LogP) is 5.13. The van der Waals surface area contributed by atoms with Crippen LogP contribution in [0.25, 0.3) is 10.9 Å². The Morgan fingerprint density at radius 3 is 2.37 bits per heavy atom. The van der Waals surface area contributed by atoms with Crippen LogP contribution in [0.2, 0.25) is 0 Å². The summed E-state index contributed by atoms with van der Waals surface area (Å²) in [6.45, 7) is 1.45. The molecular formula is C23H20N4O3. The lowest BCUT2D eigenvalue weighted by molar-refractivity contribution is -0.114. The first-order valence-electron chi connectivity index (χ1n) is 9.33. The molecule has 0 saturated carbocycles. The van der Waals surface area contributed by atoms with Crippen molar-refractivity contribution in [3.8, 4) is 17.2 Å². The largest absolute Gasteiger partial charge is 0.494 e. The maximum Gasteiger partial charge on any atom is 0.221 e. The molecule has 1 amide bonds. The molecular weight excluding hydrogens is 380 g/mol. The Morgan fingerprint density at radius 1 is 0.933 bits per heavy atom. The minimum absolute atomic E-state index is 0.187. The zero-order valence-corrected chi connectivity index (χ0v) is 16.5. The van der Waals surface area contributed by atoms with Crippen molar-refractivity contribution in [3.05, 3.63) is 73.1 Å². The number of ether oxygens (including phenoxy) is 2. The average Bonchev–Trinajstić information content (AvgIpc) is 2.75. The van der Waals surface area contributed by atoms with Gasteiger partial charge in [-0.1, -0.05) is 18.2 Å². The van der Waals surface area contributed by atoms with Crippen LogP contribution in [0.1, 0.15) is 6.92 Å². The Kier molecular flexibility index (Phi) is 5.43. The molecule has 0 saturated heterocycles. The quantitative estimate of drug-likeness (QED) is 0.467. The number of nitrogens with zero attached hydrogens (tertiary/aromatic N) is 2. The van der Waals surface area contributed by atoms with Crippen molar-refractivity contribution >= 4 is 34.0 Å². The Labute approximate surface area is 173 Å². The fourth-order valence-corrected chi connectivity index (χ4v) is 3.01. The lowest BCUT2D eigenvalue weighted by Gasteiger charge is -2.13. The maximum absolute atomic E-state index is 11.5. The zero-order valence-electron chi connectivity index (χ0n) is 16.5. The van der Waals surface area contributed by atoms with Gasteiger partial charge in [0.25, 0.3) is 0 Å². The molecule has 150 valence electrons. The van der Waals surface area contributed by atoms with E-state index >= 15 is 0 Å². The molecule has 1 heterocycles. The number of benzene rings is 3. The van der Waals surface area contributed by atoms with Gasteiger partial charge in [0, 0.05) is 24.1 Å². The minimum Gasteiger partial charge on any atom is -0.494 e. The van der Waals surface area contributed by atoms with E-state index in [-0.39, 0.29) is 5.91 Å². The number of amides is 1. The third-order valence-electron chi connectivity index (χ3n) is 4.36. The summed E-state index contributed by atoms with van der Waals surface area (Å²) in [6.07, 6.45) is 1.48. The number of carbonyl (C=O) groups is 1. The van der Waals surface area contributed by atoms with Gasteiger partial charge >= 0.3 is 0 Å². The maximum atomic E-state index is 11.5. The standard InChI is InChI=1S/C23H20N4O3/c1-15(28)26-21-12-19-20(13-22(21)29-2)24-14-25-23(19)27-16-8-10-18(11-9-16)30-17-6-4-3-5-7-17/h3-14H,1-2H3,(H,26,28)(H,24,25,27). The number of methoxy groups -OCH3 is 1. The fourth-order valence-electron chi connectivity index (χ4n) is 3.01. The summed E-state index contributed by atoms with van der Waals surface area (Å²) in [5, 5.41) is 6.83. The smallest absolute Gasteiger partial charge is 0.221 e. The lowest BCUT2D eigenvalue weighted by atomic mass is 10.2. The van der Waals surface area contributed by atoms with E-state index in [1.54, 1.807) is 19.2 Å². The molecule has 0 aliphatic rings. The molecule has 0 bridgehead atoms. The van der Waals surface area contributed by atoms with Crippen molar-refractivity contribution in [3.63, 3.8) is 0 Å². The van der Waals surface area contributed by atoms with Crippen LogP contribution in [-0.4, -0.2) is 23.0 Å². The fraction of sp³-hybridized carbons (Fsp3) is 0.0870. The topological polar surface area (TPSA) is 85.4 Å². The molecule has 2 N–H and O–H groups in total. The molecule has 0 aliphatic carbocycles. The van der Waals surface area contributed by atoms with Crippen molar-refractivity contribution in [1.29, 1.82) is 0 Å². The molecule has 0 fully saturated rings. The van der Waals surface area contributed by atoms with Crippen molar-refractivity contribution in [2.24, 2.45) is 0 Å². The summed E-state index contributed by atoms with van der Waals surface area (Å²) in [4.78, 5) is 20.2. The van der Waals surface area contributed by atoms with Crippen LogP contribution >= 0.6 is 0 Å². The molecule has 3 aromatic carbocycles. The first kappa shape index (κ1) is 19.2. The molecule has 0 atom stereocenters. The first-order valence-corrected chi connectivity index (χ1v) is 9.33. The number of fused-ring (bicyclic) bond motifs is 1. The van der Waals surface area contributed by atoms with Gasteiger partial charge in [0.1, 0.15) is 29.4 Å². The second-order valence-electron chi connectivity index (χ2n) is 6.54. The van der Waals surface area contributed by atoms with Gasteiger partial charge in [-0.25, -0.2) is 9.97 Å². The van der Waals surface area contributed by atoms with E-state index < -0.39 is 0 Å². The van der Waals surface area contributed by atoms with E-state index in [1.807, 2.05) is 54.6 Å². The summed E-state index contributed by atoms with van der Waals surface area (Å²) >= 11 is 0. The van der Waals surface area contributed by atoms with E-state index in [0.717, 1.165) is 22.6 Å². The Balaban J connectivity index is 1.60. The molecule has 4 aromatic rings. The van der Waals surface area contributed by atoms with E-state index in [0.29, 0.717) is 22.8 Å². The van der Waals surface area contributed by atoms with E-state index in [1.165, 1.54) is 13.3 Å². The van der Waals surface area contributed by atoms with Crippen LogP contribution in [-0.2, 0) is 4.79 Å². The van der Waals surface area contributed by atoms with Crippen molar-refractivity contribution < 1.29 is 14.3 Å². The van der Waals surface area contributed by atoms with E-state index in [4.69, 9.17) is 9.47 Å². The van der Waals surface area contributed by atoms with E-state index in [9.17, 15) is 4.79 Å². The SMILES string of the molecule is COc1cc2ncnc(Nc3ccc(Oc4ccccc4)cc3)c2cc1NC(C)=O. The Bertz CT molecular complexity index is 1180.